The molecule has 132 valence electrons. The van der Waals surface area contributed by atoms with Crippen molar-refractivity contribution in [3.63, 3.8) is 0 Å². The van der Waals surface area contributed by atoms with Gasteiger partial charge in [0, 0.05) is 28.8 Å². The van der Waals surface area contributed by atoms with E-state index >= 15 is 0 Å². The summed E-state index contributed by atoms with van der Waals surface area (Å²) in [5, 5.41) is 3.82. The number of hydrogen-bond acceptors (Lipinski definition) is 1. The van der Waals surface area contributed by atoms with Crippen molar-refractivity contribution in [1.82, 2.24) is 10.3 Å². The number of carbonyl (C=O) groups excluding carboxylic acids is 1. The van der Waals surface area contributed by atoms with E-state index in [0.717, 1.165) is 25.3 Å². The van der Waals surface area contributed by atoms with Gasteiger partial charge in [-0.15, -0.1) is 0 Å². The number of aromatic amines is 1. The van der Waals surface area contributed by atoms with Gasteiger partial charge in [-0.3, -0.25) is 4.79 Å². The summed E-state index contributed by atoms with van der Waals surface area (Å²) in [6.45, 7) is 3.37. The molecule has 3 nitrogen and oxygen atoms in total. The predicted octanol–water partition coefficient (Wildman–Crippen LogP) is 4.57. The Morgan fingerprint density at radius 2 is 2.16 bits per heavy atom. The zero-order chi connectivity index (χ0) is 18.1. The third kappa shape index (κ3) is 3.36. The Hall–Kier alpha value is -2.06. The van der Waals surface area contributed by atoms with Crippen molar-refractivity contribution in [3.05, 3.63) is 34.0 Å². The number of hydrogen-bond donors (Lipinski definition) is 2. The Kier molecular flexibility index (Phi) is 5.01. The van der Waals surface area contributed by atoms with Crippen LogP contribution in [0.4, 0.5) is 8.78 Å². The molecule has 0 bridgehead atoms. The number of rotatable bonds is 2. The third-order valence-corrected chi connectivity index (χ3v) is 5.26. The second-order valence-corrected chi connectivity index (χ2v) is 6.86. The van der Waals surface area contributed by atoms with E-state index in [2.05, 4.69) is 22.1 Å². The standard InChI is InChI=1S/C19H19ClF2N2O/c1-3-5-15(25)24-12-7-4-6-11(8-12)16-17-14(9-13(21)19(16)22)23-10(2)18(17)20/h9,11-12,23H,4,6-8H2,1-2H3,(H,24,25)/t11-,12+/m1/s1. The molecule has 3 rings (SSSR count). The predicted molar refractivity (Wildman–Crippen MR) is 94.6 cm³/mol. The molecule has 2 atom stereocenters. The van der Waals surface area contributed by atoms with Gasteiger partial charge in [0.1, 0.15) is 0 Å². The third-order valence-electron chi connectivity index (χ3n) is 4.78. The van der Waals surface area contributed by atoms with E-state index in [1.54, 1.807) is 13.8 Å². The number of amides is 1. The molecule has 1 heterocycles. The molecule has 1 aliphatic rings. The molecule has 25 heavy (non-hydrogen) atoms. The number of aryl methyl sites for hydroxylation is 1. The van der Waals surface area contributed by atoms with E-state index in [0.29, 0.717) is 33.6 Å². The van der Waals surface area contributed by atoms with Crippen molar-refractivity contribution in [2.75, 3.05) is 0 Å². The molecule has 0 saturated heterocycles. The van der Waals surface area contributed by atoms with Crippen LogP contribution in [0.3, 0.4) is 0 Å². The second-order valence-electron chi connectivity index (χ2n) is 6.48. The monoisotopic (exact) mass is 364 g/mol. The summed E-state index contributed by atoms with van der Waals surface area (Å²) in [4.78, 5) is 14.7. The summed E-state index contributed by atoms with van der Waals surface area (Å²) >= 11 is 6.34. The van der Waals surface area contributed by atoms with Crippen LogP contribution in [0.2, 0.25) is 5.02 Å². The van der Waals surface area contributed by atoms with Gasteiger partial charge < -0.3 is 10.3 Å². The van der Waals surface area contributed by atoms with Gasteiger partial charge in [0.25, 0.3) is 5.91 Å². The summed E-state index contributed by atoms with van der Waals surface area (Å²) < 4.78 is 28.7. The summed E-state index contributed by atoms with van der Waals surface area (Å²) in [6.07, 6.45) is 2.87. The molecule has 2 aromatic rings. The van der Waals surface area contributed by atoms with Crippen molar-refractivity contribution in [2.45, 2.75) is 51.5 Å². The molecule has 0 aliphatic heterocycles. The second kappa shape index (κ2) is 7.05. The van der Waals surface area contributed by atoms with Crippen LogP contribution < -0.4 is 5.32 Å². The molecule has 6 heteroatoms. The lowest BCUT2D eigenvalue weighted by Gasteiger charge is -2.30. The highest BCUT2D eigenvalue weighted by molar-refractivity contribution is 6.36. The molecule has 1 aromatic heterocycles. The maximum atomic E-state index is 14.7. The molecule has 0 unspecified atom stereocenters. The minimum atomic E-state index is -0.886. The molecule has 2 N–H and O–H groups in total. The van der Waals surface area contributed by atoms with Crippen LogP contribution in [0.1, 0.15) is 49.8 Å². The van der Waals surface area contributed by atoms with Crippen LogP contribution >= 0.6 is 11.6 Å². The van der Waals surface area contributed by atoms with Gasteiger partial charge in [-0.05, 0) is 44.9 Å². The number of H-pyrrole nitrogens is 1. The molecule has 1 fully saturated rings. The Balaban J connectivity index is 1.99. The number of benzene rings is 1. The van der Waals surface area contributed by atoms with Crippen LogP contribution in [0, 0.1) is 30.4 Å². The van der Waals surface area contributed by atoms with Gasteiger partial charge in [0.15, 0.2) is 11.6 Å². The minimum absolute atomic E-state index is 0.108. The lowest BCUT2D eigenvalue weighted by Crippen LogP contribution is -2.37. The summed E-state index contributed by atoms with van der Waals surface area (Å²) in [5.74, 6) is 2.73. The Labute approximate surface area is 150 Å². The van der Waals surface area contributed by atoms with E-state index in [1.165, 1.54) is 0 Å². The Bertz CT molecular complexity index is 894. The first-order valence-corrected chi connectivity index (χ1v) is 8.69. The van der Waals surface area contributed by atoms with E-state index in [9.17, 15) is 13.6 Å². The number of aromatic nitrogens is 1. The van der Waals surface area contributed by atoms with Crippen molar-refractivity contribution in [1.29, 1.82) is 0 Å². The van der Waals surface area contributed by atoms with Crippen molar-refractivity contribution >= 4 is 28.4 Å². The van der Waals surface area contributed by atoms with Gasteiger partial charge in [-0.1, -0.05) is 23.9 Å². The topological polar surface area (TPSA) is 44.9 Å². The molecule has 0 spiro atoms. The minimum Gasteiger partial charge on any atom is -0.357 e. The highest BCUT2D eigenvalue weighted by Gasteiger charge is 2.30. The quantitative estimate of drug-likeness (QED) is 0.753. The van der Waals surface area contributed by atoms with Crippen molar-refractivity contribution < 1.29 is 13.6 Å². The van der Waals surface area contributed by atoms with Gasteiger partial charge in [0.2, 0.25) is 0 Å². The average Bonchev–Trinajstić information content (AvgIpc) is 2.83. The van der Waals surface area contributed by atoms with E-state index in [4.69, 9.17) is 11.6 Å². The summed E-state index contributed by atoms with van der Waals surface area (Å²) in [7, 11) is 0. The first-order valence-electron chi connectivity index (χ1n) is 8.31. The lowest BCUT2D eigenvalue weighted by atomic mass is 9.80. The smallest absolute Gasteiger partial charge is 0.296 e. The van der Waals surface area contributed by atoms with Crippen LogP contribution in [0.5, 0.6) is 0 Å². The molecule has 1 amide bonds. The number of carbonyl (C=O) groups is 1. The fourth-order valence-electron chi connectivity index (χ4n) is 3.73. The zero-order valence-corrected chi connectivity index (χ0v) is 14.9. The highest BCUT2D eigenvalue weighted by atomic mass is 35.5. The molecule has 0 radical (unpaired) electrons. The van der Waals surface area contributed by atoms with Crippen LogP contribution in [0.15, 0.2) is 6.07 Å². The fourth-order valence-corrected chi connectivity index (χ4v) is 3.98. The van der Waals surface area contributed by atoms with Gasteiger partial charge in [0.05, 0.1) is 10.5 Å². The van der Waals surface area contributed by atoms with Crippen LogP contribution in [0.25, 0.3) is 10.9 Å². The largest absolute Gasteiger partial charge is 0.357 e. The lowest BCUT2D eigenvalue weighted by molar-refractivity contribution is -0.116. The van der Waals surface area contributed by atoms with Crippen molar-refractivity contribution in [3.8, 4) is 11.8 Å². The van der Waals surface area contributed by atoms with E-state index < -0.39 is 11.6 Å². The molecular formula is C19H19ClF2N2O. The maximum Gasteiger partial charge on any atom is 0.296 e. The average molecular weight is 365 g/mol. The van der Waals surface area contributed by atoms with E-state index in [1.807, 2.05) is 0 Å². The van der Waals surface area contributed by atoms with Gasteiger partial charge >= 0.3 is 0 Å². The molecule has 1 aliphatic carbocycles. The zero-order valence-electron chi connectivity index (χ0n) is 14.1. The first-order chi connectivity index (χ1) is 11.9. The summed E-state index contributed by atoms with van der Waals surface area (Å²) in [5.41, 5.74) is 1.49. The number of fused-ring (bicyclic) bond motifs is 1. The highest BCUT2D eigenvalue weighted by Crippen LogP contribution is 2.42. The first kappa shape index (κ1) is 17.8. The molecule has 1 saturated carbocycles. The maximum absolute atomic E-state index is 14.7. The SMILES string of the molecule is CC#CC(=O)N[C@H]1CCC[C@@H](c2c(F)c(F)cc3[nH]c(C)c(Cl)c23)C1. The van der Waals surface area contributed by atoms with E-state index in [-0.39, 0.29) is 17.9 Å². The number of halogens is 3. The fraction of sp³-hybridized carbons (Fsp3) is 0.421. The molecular weight excluding hydrogens is 346 g/mol. The summed E-state index contributed by atoms with van der Waals surface area (Å²) in [6, 6.07) is 1.04. The Morgan fingerprint density at radius 1 is 1.40 bits per heavy atom. The molecule has 1 aromatic carbocycles. The number of nitrogens with one attached hydrogen (secondary N) is 2. The van der Waals surface area contributed by atoms with Gasteiger partial charge in [-0.25, -0.2) is 8.78 Å². The van der Waals surface area contributed by atoms with Crippen LogP contribution in [-0.4, -0.2) is 16.9 Å². The van der Waals surface area contributed by atoms with Crippen LogP contribution in [-0.2, 0) is 4.79 Å². The normalized spacial score (nSPS) is 20.2. The Morgan fingerprint density at radius 3 is 2.88 bits per heavy atom. The van der Waals surface area contributed by atoms with Gasteiger partial charge in [-0.2, -0.15) is 0 Å². The van der Waals surface area contributed by atoms with Crippen molar-refractivity contribution in [2.24, 2.45) is 0 Å².